The summed E-state index contributed by atoms with van der Waals surface area (Å²) in [6.45, 7) is 3.09. The Morgan fingerprint density at radius 2 is 2.47 bits per heavy atom. The van der Waals surface area contributed by atoms with Crippen LogP contribution >= 0.6 is 11.6 Å². The van der Waals surface area contributed by atoms with Gasteiger partial charge in [0.1, 0.15) is 5.02 Å². The Morgan fingerprint density at radius 1 is 1.68 bits per heavy atom. The Labute approximate surface area is 115 Å². The van der Waals surface area contributed by atoms with Gasteiger partial charge in [0.15, 0.2) is 0 Å². The summed E-state index contributed by atoms with van der Waals surface area (Å²) in [5.41, 5.74) is 6.36. The maximum absolute atomic E-state index is 11.9. The van der Waals surface area contributed by atoms with Crippen molar-refractivity contribution >= 4 is 17.3 Å². The van der Waals surface area contributed by atoms with E-state index < -0.39 is 0 Å². The van der Waals surface area contributed by atoms with Crippen LogP contribution in [0.4, 0.5) is 5.69 Å². The van der Waals surface area contributed by atoms with Crippen LogP contribution in [-0.2, 0) is 11.3 Å². The first-order chi connectivity index (χ1) is 9.13. The first kappa shape index (κ1) is 12.9. The number of rotatable bonds is 3. The van der Waals surface area contributed by atoms with Crippen LogP contribution in [0.2, 0.25) is 5.02 Å². The van der Waals surface area contributed by atoms with Crippen molar-refractivity contribution in [1.82, 2.24) is 9.78 Å². The summed E-state index contributed by atoms with van der Waals surface area (Å²) in [4.78, 5) is 11.9. The zero-order chi connectivity index (χ0) is 13.6. The van der Waals surface area contributed by atoms with Crippen LogP contribution in [0.15, 0.2) is 11.0 Å². The van der Waals surface area contributed by atoms with E-state index in [0.717, 1.165) is 13.0 Å². The molecule has 4 unspecified atom stereocenters. The second kappa shape index (κ2) is 4.77. The number of aryl methyl sites for hydroxylation is 1. The summed E-state index contributed by atoms with van der Waals surface area (Å²) >= 11 is 6.08. The molecule has 1 aliphatic heterocycles. The molecule has 0 radical (unpaired) electrons. The molecule has 1 saturated carbocycles. The first-order valence-corrected chi connectivity index (χ1v) is 6.90. The van der Waals surface area contributed by atoms with Crippen LogP contribution < -0.4 is 16.6 Å². The van der Waals surface area contributed by atoms with Gasteiger partial charge in [0.25, 0.3) is 5.56 Å². The summed E-state index contributed by atoms with van der Waals surface area (Å²) in [5.74, 6) is 0.417. The third-order valence-electron chi connectivity index (χ3n) is 4.05. The Morgan fingerprint density at radius 3 is 3.21 bits per heavy atom. The lowest BCUT2D eigenvalue weighted by Gasteiger charge is -2.46. The average Bonchev–Trinajstić information content (AvgIpc) is 2.85. The molecular weight excluding hydrogens is 268 g/mol. The van der Waals surface area contributed by atoms with Gasteiger partial charge in [-0.3, -0.25) is 4.79 Å². The second-order valence-electron chi connectivity index (χ2n) is 5.03. The van der Waals surface area contributed by atoms with Crippen LogP contribution in [0, 0.1) is 5.92 Å². The minimum atomic E-state index is -0.286. The Hall–Kier alpha value is -1.11. The van der Waals surface area contributed by atoms with E-state index in [-0.39, 0.29) is 28.8 Å². The summed E-state index contributed by atoms with van der Waals surface area (Å²) in [6, 6.07) is 0.0425. The number of halogens is 1. The number of aromatic nitrogens is 2. The van der Waals surface area contributed by atoms with E-state index in [4.69, 9.17) is 22.1 Å². The molecule has 1 aliphatic carbocycles. The molecule has 0 bridgehead atoms. The minimum absolute atomic E-state index is 0.00340. The number of nitrogens with zero attached hydrogens (tertiary/aromatic N) is 2. The normalized spacial score (nSPS) is 32.8. The fraction of sp³-hybridized carbons (Fsp3) is 0.667. The van der Waals surface area contributed by atoms with Crippen molar-refractivity contribution in [2.75, 3.05) is 11.9 Å². The van der Waals surface area contributed by atoms with E-state index in [1.165, 1.54) is 4.68 Å². The molecule has 6 nitrogen and oxygen atoms in total. The second-order valence-corrected chi connectivity index (χ2v) is 5.41. The molecule has 2 aliphatic rings. The number of ether oxygens (including phenoxy) is 1. The topological polar surface area (TPSA) is 82.2 Å². The monoisotopic (exact) mass is 284 g/mol. The molecule has 104 valence electrons. The van der Waals surface area contributed by atoms with E-state index in [1.54, 1.807) is 6.20 Å². The fourth-order valence-electron chi connectivity index (χ4n) is 2.90. The largest absolute Gasteiger partial charge is 0.376 e. The van der Waals surface area contributed by atoms with Crippen molar-refractivity contribution < 1.29 is 4.74 Å². The van der Waals surface area contributed by atoms with Crippen LogP contribution in [0.3, 0.4) is 0 Å². The number of anilines is 1. The molecule has 1 aromatic rings. The summed E-state index contributed by atoms with van der Waals surface area (Å²) in [6.07, 6.45) is 2.70. The van der Waals surface area contributed by atoms with Crippen LogP contribution in [0.5, 0.6) is 0 Å². The molecule has 2 heterocycles. The number of hydrogen-bond acceptors (Lipinski definition) is 5. The molecule has 19 heavy (non-hydrogen) atoms. The minimum Gasteiger partial charge on any atom is -0.376 e. The van der Waals surface area contributed by atoms with Crippen molar-refractivity contribution in [3.05, 3.63) is 21.6 Å². The standard InChI is InChI=1S/C12H17ClN4O2/c1-2-17-12(18)8(13)7(5-15-17)16-10-9(14)6-3-4-19-11(6)10/h5-6,9-11,16H,2-4,14H2,1H3. The third kappa shape index (κ3) is 1.94. The average molecular weight is 285 g/mol. The molecule has 4 atom stereocenters. The van der Waals surface area contributed by atoms with Crippen molar-refractivity contribution in [3.63, 3.8) is 0 Å². The predicted octanol–water partition coefficient (Wildman–Crippen LogP) is 0.443. The Kier molecular flexibility index (Phi) is 3.24. The molecule has 2 fully saturated rings. The Bertz CT molecular complexity index is 547. The van der Waals surface area contributed by atoms with Crippen LogP contribution in [0.1, 0.15) is 13.3 Å². The van der Waals surface area contributed by atoms with Crippen molar-refractivity contribution in [2.24, 2.45) is 11.7 Å². The first-order valence-electron chi connectivity index (χ1n) is 6.52. The fourth-order valence-corrected chi connectivity index (χ4v) is 3.10. The van der Waals surface area contributed by atoms with Gasteiger partial charge in [-0.2, -0.15) is 5.10 Å². The highest BCUT2D eigenvalue weighted by molar-refractivity contribution is 6.32. The maximum atomic E-state index is 11.9. The summed E-state index contributed by atoms with van der Waals surface area (Å²) < 4.78 is 6.96. The molecule has 3 N–H and O–H groups in total. The highest BCUT2D eigenvalue weighted by Gasteiger charge is 2.52. The van der Waals surface area contributed by atoms with E-state index in [0.29, 0.717) is 18.2 Å². The molecule has 1 aromatic heterocycles. The van der Waals surface area contributed by atoms with Crippen LogP contribution in [0.25, 0.3) is 0 Å². The van der Waals surface area contributed by atoms with Gasteiger partial charge in [-0.25, -0.2) is 4.68 Å². The molecule has 0 aromatic carbocycles. The van der Waals surface area contributed by atoms with Gasteiger partial charge in [0.2, 0.25) is 0 Å². The predicted molar refractivity (Wildman–Crippen MR) is 72.4 cm³/mol. The van der Waals surface area contributed by atoms with E-state index in [2.05, 4.69) is 10.4 Å². The third-order valence-corrected chi connectivity index (χ3v) is 4.42. The lowest BCUT2D eigenvalue weighted by atomic mass is 9.72. The zero-order valence-electron chi connectivity index (χ0n) is 10.7. The molecule has 1 saturated heterocycles. The highest BCUT2D eigenvalue weighted by Crippen LogP contribution is 2.39. The van der Waals surface area contributed by atoms with Crippen molar-refractivity contribution in [1.29, 1.82) is 0 Å². The SMILES string of the molecule is CCn1ncc(NC2C(N)C3CCOC32)c(Cl)c1=O. The quantitative estimate of drug-likeness (QED) is 0.842. The maximum Gasteiger partial charge on any atom is 0.287 e. The smallest absolute Gasteiger partial charge is 0.287 e. The molecule has 0 amide bonds. The van der Waals surface area contributed by atoms with Gasteiger partial charge in [-0.05, 0) is 13.3 Å². The Balaban J connectivity index is 1.81. The van der Waals surface area contributed by atoms with Gasteiger partial charge >= 0.3 is 0 Å². The highest BCUT2D eigenvalue weighted by atomic mass is 35.5. The molecule has 3 rings (SSSR count). The van der Waals surface area contributed by atoms with Crippen LogP contribution in [-0.4, -0.2) is 34.6 Å². The molecular formula is C12H17ClN4O2. The lowest BCUT2D eigenvalue weighted by molar-refractivity contribution is 0.00536. The van der Waals surface area contributed by atoms with Crippen molar-refractivity contribution in [3.8, 4) is 0 Å². The molecule has 7 heteroatoms. The van der Waals surface area contributed by atoms with Gasteiger partial charge in [0, 0.05) is 25.1 Å². The van der Waals surface area contributed by atoms with Gasteiger partial charge in [-0.1, -0.05) is 11.6 Å². The number of fused-ring (bicyclic) bond motifs is 1. The summed E-state index contributed by atoms with van der Waals surface area (Å²) in [7, 11) is 0. The van der Waals surface area contributed by atoms with E-state index in [1.807, 2.05) is 6.92 Å². The summed E-state index contributed by atoms with van der Waals surface area (Å²) in [5, 5.41) is 7.42. The van der Waals surface area contributed by atoms with Gasteiger partial charge in [-0.15, -0.1) is 0 Å². The number of nitrogens with two attached hydrogens (primary N) is 1. The molecule has 0 spiro atoms. The number of nitrogens with one attached hydrogen (secondary N) is 1. The van der Waals surface area contributed by atoms with E-state index >= 15 is 0 Å². The lowest BCUT2D eigenvalue weighted by Crippen LogP contribution is -2.65. The van der Waals surface area contributed by atoms with Gasteiger partial charge < -0.3 is 15.8 Å². The van der Waals surface area contributed by atoms with Crippen molar-refractivity contribution in [2.45, 2.75) is 38.1 Å². The number of hydrogen-bond donors (Lipinski definition) is 2. The zero-order valence-corrected chi connectivity index (χ0v) is 11.4. The van der Waals surface area contributed by atoms with Gasteiger partial charge in [0.05, 0.1) is 24.0 Å². The van der Waals surface area contributed by atoms with E-state index in [9.17, 15) is 4.79 Å².